The van der Waals surface area contributed by atoms with Crippen LogP contribution >= 0.6 is 0 Å². The Hall–Kier alpha value is -1.68. The molecule has 0 spiro atoms. The zero-order valence-corrected chi connectivity index (χ0v) is 20.1. The largest absolute Gasteiger partial charge is 0.456 e. The smallest absolute Gasteiger partial charge is 0.334 e. The van der Waals surface area contributed by atoms with Crippen molar-refractivity contribution in [1.29, 1.82) is 0 Å². The highest BCUT2D eigenvalue weighted by Gasteiger charge is 2.77. The van der Waals surface area contributed by atoms with E-state index in [0.717, 1.165) is 49.7 Å². The van der Waals surface area contributed by atoms with Gasteiger partial charge in [0.25, 0.3) is 0 Å². The lowest BCUT2D eigenvalue weighted by atomic mass is 9.46. The molecule has 1 saturated heterocycles. The van der Waals surface area contributed by atoms with Crippen molar-refractivity contribution in [1.82, 2.24) is 0 Å². The summed E-state index contributed by atoms with van der Waals surface area (Å²) in [5.41, 5.74) is 2.06. The minimum atomic E-state index is -0.471. The molecule has 32 heavy (non-hydrogen) atoms. The maximum Gasteiger partial charge on any atom is 0.334 e. The lowest BCUT2D eigenvalue weighted by Gasteiger charge is -2.59. The molecule has 0 N–H and O–H groups in total. The number of allylic oxidation sites excluding steroid dienone is 4. The third-order valence-electron chi connectivity index (χ3n) is 11.1. The van der Waals surface area contributed by atoms with E-state index >= 15 is 0 Å². The second-order valence-corrected chi connectivity index (χ2v) is 12.1. The second-order valence-electron chi connectivity index (χ2n) is 12.1. The summed E-state index contributed by atoms with van der Waals surface area (Å²) in [6.07, 6.45) is 13.0. The Labute approximate surface area is 191 Å². The van der Waals surface area contributed by atoms with E-state index in [0.29, 0.717) is 30.0 Å². The molecule has 2 bridgehead atoms. The van der Waals surface area contributed by atoms with E-state index in [1.54, 1.807) is 0 Å². The molecule has 4 nitrogen and oxygen atoms in total. The van der Waals surface area contributed by atoms with Crippen molar-refractivity contribution in [2.45, 2.75) is 96.9 Å². The molecule has 8 atom stereocenters. The molecule has 172 valence electrons. The summed E-state index contributed by atoms with van der Waals surface area (Å²) in [6, 6.07) is 0. The van der Waals surface area contributed by atoms with Crippen molar-refractivity contribution in [2.75, 3.05) is 0 Å². The quantitative estimate of drug-likeness (QED) is 0.511. The van der Waals surface area contributed by atoms with Crippen molar-refractivity contribution in [3.8, 4) is 0 Å². The van der Waals surface area contributed by atoms with Crippen LogP contribution in [-0.2, 0) is 19.1 Å². The number of cyclic esters (lactones) is 1. The minimum absolute atomic E-state index is 0.0642. The Morgan fingerprint density at radius 2 is 1.81 bits per heavy atom. The van der Waals surface area contributed by atoms with E-state index in [1.165, 1.54) is 5.57 Å². The average Bonchev–Trinajstić information content (AvgIpc) is 3.16. The number of ether oxygens (including phenoxy) is 2. The van der Waals surface area contributed by atoms with Crippen LogP contribution in [0.4, 0.5) is 0 Å². The van der Waals surface area contributed by atoms with Gasteiger partial charge in [-0.2, -0.15) is 0 Å². The zero-order chi connectivity index (χ0) is 22.7. The van der Waals surface area contributed by atoms with Gasteiger partial charge in [0.05, 0.1) is 11.0 Å². The minimum Gasteiger partial charge on any atom is -0.456 e. The third kappa shape index (κ3) is 2.19. The molecule has 6 rings (SSSR count). The highest BCUT2D eigenvalue weighted by molar-refractivity contribution is 5.92. The molecular formula is C28H36O4. The number of hydrogen-bond acceptors (Lipinski definition) is 4. The molecule has 0 aromatic heterocycles. The van der Waals surface area contributed by atoms with Gasteiger partial charge < -0.3 is 9.47 Å². The van der Waals surface area contributed by atoms with E-state index < -0.39 is 5.60 Å². The maximum absolute atomic E-state index is 13.3. The summed E-state index contributed by atoms with van der Waals surface area (Å²) in [5, 5.41) is 0. The summed E-state index contributed by atoms with van der Waals surface area (Å²) >= 11 is 0. The molecule has 0 aromatic carbocycles. The van der Waals surface area contributed by atoms with Crippen molar-refractivity contribution in [2.24, 2.45) is 28.6 Å². The monoisotopic (exact) mass is 436 g/mol. The van der Waals surface area contributed by atoms with Crippen LogP contribution in [0.1, 0.15) is 79.6 Å². The van der Waals surface area contributed by atoms with Crippen LogP contribution in [0.3, 0.4) is 0 Å². The first-order valence-electron chi connectivity index (χ1n) is 12.6. The van der Waals surface area contributed by atoms with Gasteiger partial charge >= 0.3 is 5.97 Å². The predicted molar refractivity (Wildman–Crippen MR) is 122 cm³/mol. The highest BCUT2D eigenvalue weighted by atomic mass is 16.6. The lowest BCUT2D eigenvalue weighted by molar-refractivity contribution is -0.231. The first-order chi connectivity index (χ1) is 15.1. The Bertz CT molecular complexity index is 1020. The first-order valence-corrected chi connectivity index (χ1v) is 12.6. The second kappa shape index (κ2) is 6.25. The summed E-state index contributed by atoms with van der Waals surface area (Å²) in [6.45, 7) is 10.8. The van der Waals surface area contributed by atoms with E-state index in [-0.39, 0.29) is 28.5 Å². The van der Waals surface area contributed by atoms with Gasteiger partial charge in [0, 0.05) is 23.8 Å². The Morgan fingerprint density at radius 1 is 1.03 bits per heavy atom. The maximum atomic E-state index is 13.3. The fraction of sp³-hybridized carbons (Fsp3) is 0.714. The van der Waals surface area contributed by atoms with Crippen molar-refractivity contribution in [3.05, 3.63) is 34.9 Å². The lowest BCUT2D eigenvalue weighted by Crippen LogP contribution is -2.60. The van der Waals surface area contributed by atoms with Crippen LogP contribution in [0.2, 0.25) is 0 Å². The molecule has 0 amide bonds. The summed E-state index contributed by atoms with van der Waals surface area (Å²) < 4.78 is 13.3. The van der Waals surface area contributed by atoms with Crippen LogP contribution < -0.4 is 0 Å². The number of carbonyl (C=O) groups excluding carboxylic acids is 2. The van der Waals surface area contributed by atoms with Crippen LogP contribution in [0.15, 0.2) is 34.9 Å². The molecule has 4 aliphatic carbocycles. The van der Waals surface area contributed by atoms with E-state index in [1.807, 2.05) is 13.0 Å². The highest BCUT2D eigenvalue weighted by Crippen LogP contribution is 2.75. The Kier molecular flexibility index (Phi) is 4.08. The number of hydrogen-bond donors (Lipinski definition) is 0. The topological polar surface area (TPSA) is 52.6 Å². The van der Waals surface area contributed by atoms with Gasteiger partial charge in [-0.05, 0) is 83.1 Å². The predicted octanol–water partition coefficient (Wildman–Crippen LogP) is 5.47. The van der Waals surface area contributed by atoms with E-state index in [4.69, 9.17) is 9.47 Å². The van der Waals surface area contributed by atoms with Crippen LogP contribution in [0.25, 0.3) is 0 Å². The number of carbonyl (C=O) groups is 2. The number of fused-ring (bicyclic) bond motifs is 3. The van der Waals surface area contributed by atoms with Gasteiger partial charge in [0.2, 0.25) is 0 Å². The Morgan fingerprint density at radius 3 is 2.56 bits per heavy atom. The number of rotatable bonds is 1. The number of esters is 1. The molecule has 6 aliphatic rings. The summed E-state index contributed by atoms with van der Waals surface area (Å²) in [7, 11) is 0. The first kappa shape index (κ1) is 20.9. The summed E-state index contributed by atoms with van der Waals surface area (Å²) in [5.74, 6) is 1.22. The van der Waals surface area contributed by atoms with Gasteiger partial charge in [-0.15, -0.1) is 0 Å². The molecule has 0 aromatic rings. The SMILES string of the molecule is CC1=C(C)C(=O)O[C@@H]([C@@]2(C)O[C@@]34CC[C@H]2[C@@]3(C)CC[C@H]2[C@H]4CC=C3C=CCC(=O)[C@@]32C)C1. The van der Waals surface area contributed by atoms with Crippen molar-refractivity contribution < 1.29 is 19.1 Å². The van der Waals surface area contributed by atoms with Gasteiger partial charge in [-0.1, -0.05) is 30.7 Å². The number of ketones is 1. The molecule has 0 unspecified atom stereocenters. The fourth-order valence-corrected chi connectivity index (χ4v) is 9.17. The van der Waals surface area contributed by atoms with Crippen molar-refractivity contribution >= 4 is 11.8 Å². The molecular weight excluding hydrogens is 400 g/mol. The van der Waals surface area contributed by atoms with E-state index in [9.17, 15) is 9.59 Å². The molecule has 2 saturated carbocycles. The number of Topliss-reactive ketones (excluding diaryl/α,β-unsaturated/α-hetero) is 1. The van der Waals surface area contributed by atoms with Gasteiger partial charge in [0.15, 0.2) is 0 Å². The normalized spacial score (nSPS) is 51.7. The Balaban J connectivity index is 1.42. The van der Waals surface area contributed by atoms with Crippen LogP contribution in [-0.4, -0.2) is 29.1 Å². The average molecular weight is 437 g/mol. The molecule has 2 aliphatic heterocycles. The van der Waals surface area contributed by atoms with Crippen LogP contribution in [0, 0.1) is 28.6 Å². The van der Waals surface area contributed by atoms with E-state index in [2.05, 4.69) is 39.8 Å². The fourth-order valence-electron chi connectivity index (χ4n) is 9.17. The zero-order valence-electron chi connectivity index (χ0n) is 20.1. The third-order valence-corrected chi connectivity index (χ3v) is 11.1. The van der Waals surface area contributed by atoms with Gasteiger partial charge in [-0.25, -0.2) is 4.79 Å². The summed E-state index contributed by atoms with van der Waals surface area (Å²) in [4.78, 5) is 25.9. The standard InChI is InChI=1S/C28H36O4/c1-16-15-23(31-24(30)17(16)2)27(5)21-12-14-28(32-27)20-10-9-18-7-6-8-22(29)26(18,4)19(20)11-13-25(21,28)3/h6-7,9,19-21,23H,8,10-15H2,1-5H3/t19-,20+,21-,23+,25+,26-,27-,28+/m0/s1. The molecule has 3 fully saturated rings. The van der Waals surface area contributed by atoms with Crippen LogP contribution in [0.5, 0.6) is 0 Å². The molecule has 2 heterocycles. The molecule has 4 heteroatoms. The van der Waals surface area contributed by atoms with Gasteiger partial charge in [-0.3, -0.25) is 4.79 Å². The molecule has 0 radical (unpaired) electrons. The van der Waals surface area contributed by atoms with Crippen molar-refractivity contribution in [3.63, 3.8) is 0 Å². The van der Waals surface area contributed by atoms with Gasteiger partial charge in [0.1, 0.15) is 17.5 Å².